The summed E-state index contributed by atoms with van der Waals surface area (Å²) in [6, 6.07) is 13.3. The molecule has 0 saturated heterocycles. The van der Waals surface area contributed by atoms with Crippen LogP contribution in [0.25, 0.3) is 10.9 Å². The van der Waals surface area contributed by atoms with Crippen LogP contribution in [0.2, 0.25) is 0 Å². The van der Waals surface area contributed by atoms with Gasteiger partial charge in [-0.05, 0) is 37.3 Å². The molecule has 3 N–H and O–H groups in total. The molecule has 0 radical (unpaired) electrons. The Morgan fingerprint density at radius 3 is 2.40 bits per heavy atom. The van der Waals surface area contributed by atoms with E-state index in [1.165, 1.54) is 6.92 Å². The van der Waals surface area contributed by atoms with Crippen LogP contribution in [0.4, 0.5) is 5.69 Å². The number of ketones is 1. The number of aromatic amines is 1. The molecule has 0 bridgehead atoms. The molecule has 126 valence electrons. The number of benzene rings is 2. The third kappa shape index (κ3) is 3.20. The molecule has 3 rings (SSSR count). The van der Waals surface area contributed by atoms with E-state index in [0.717, 1.165) is 0 Å². The van der Waals surface area contributed by atoms with Crippen LogP contribution < -0.4 is 10.9 Å². The first-order chi connectivity index (χ1) is 12.0. The topological polar surface area (TPSA) is 99.3 Å². The summed E-state index contributed by atoms with van der Waals surface area (Å²) in [6.07, 6.45) is 0. The Morgan fingerprint density at radius 1 is 1.08 bits per heavy atom. The van der Waals surface area contributed by atoms with E-state index in [4.69, 9.17) is 0 Å². The van der Waals surface area contributed by atoms with Gasteiger partial charge in [-0.1, -0.05) is 18.2 Å². The summed E-state index contributed by atoms with van der Waals surface area (Å²) in [5.74, 6) is -0.696. The number of nitrogens with one attached hydrogen (secondary N) is 2. The summed E-state index contributed by atoms with van der Waals surface area (Å²) in [5, 5.41) is 12.9. The predicted octanol–water partition coefficient (Wildman–Crippen LogP) is 2.48. The first-order valence-electron chi connectivity index (χ1n) is 7.68. The van der Waals surface area contributed by atoms with E-state index >= 15 is 0 Å². The molecule has 0 atom stereocenters. The van der Waals surface area contributed by atoms with Crippen molar-refractivity contribution in [3.8, 4) is 0 Å². The highest BCUT2D eigenvalue weighted by molar-refractivity contribution is 6.07. The number of fused-ring (bicyclic) bond motifs is 1. The first kappa shape index (κ1) is 16.6. The van der Waals surface area contributed by atoms with Crippen LogP contribution in [0.5, 0.6) is 0 Å². The van der Waals surface area contributed by atoms with E-state index in [0.29, 0.717) is 22.2 Å². The molecule has 1 aromatic heterocycles. The zero-order valence-electron chi connectivity index (χ0n) is 13.5. The molecule has 6 heteroatoms. The fraction of sp³-hybridized carbons (Fsp3) is 0.105. The number of carbonyl (C=O) groups is 2. The number of para-hydroxylation sites is 1. The summed E-state index contributed by atoms with van der Waals surface area (Å²) in [6.45, 7) is 1.02. The highest BCUT2D eigenvalue weighted by Gasteiger charge is 2.19. The molecule has 0 saturated carbocycles. The number of aromatic nitrogens is 1. The largest absolute Gasteiger partial charge is 0.392 e. The molecule has 6 nitrogen and oxygen atoms in total. The van der Waals surface area contributed by atoms with Gasteiger partial charge in [-0.2, -0.15) is 0 Å². The molecule has 0 spiro atoms. The quantitative estimate of drug-likeness (QED) is 0.637. The second-order valence-corrected chi connectivity index (χ2v) is 5.60. The van der Waals surface area contributed by atoms with Gasteiger partial charge in [0.25, 0.3) is 11.5 Å². The summed E-state index contributed by atoms with van der Waals surface area (Å²) in [5.41, 5.74) is 1.11. The Morgan fingerprint density at radius 2 is 1.76 bits per heavy atom. The number of amides is 1. The minimum absolute atomic E-state index is 0.0774. The van der Waals surface area contributed by atoms with Gasteiger partial charge in [0.2, 0.25) is 0 Å². The van der Waals surface area contributed by atoms with Crippen LogP contribution in [0.15, 0.2) is 53.3 Å². The SMILES string of the molecule is CC(=O)c1ccc(NC(=O)c2c(CO)c3ccccc3[nH]c2=O)cc1. The van der Waals surface area contributed by atoms with E-state index in [2.05, 4.69) is 10.3 Å². The number of H-pyrrole nitrogens is 1. The predicted molar refractivity (Wildman–Crippen MR) is 94.9 cm³/mol. The van der Waals surface area contributed by atoms with Gasteiger partial charge in [-0.3, -0.25) is 14.4 Å². The van der Waals surface area contributed by atoms with Gasteiger partial charge in [0.15, 0.2) is 5.78 Å². The zero-order valence-corrected chi connectivity index (χ0v) is 13.5. The number of aliphatic hydroxyl groups is 1. The van der Waals surface area contributed by atoms with Crippen molar-refractivity contribution in [3.63, 3.8) is 0 Å². The van der Waals surface area contributed by atoms with Crippen LogP contribution in [0, 0.1) is 0 Å². The lowest BCUT2D eigenvalue weighted by molar-refractivity contribution is 0.101. The number of carbonyl (C=O) groups excluding carboxylic acids is 2. The van der Waals surface area contributed by atoms with Gasteiger partial charge >= 0.3 is 0 Å². The molecule has 3 aromatic rings. The number of anilines is 1. The van der Waals surface area contributed by atoms with E-state index in [1.54, 1.807) is 48.5 Å². The van der Waals surface area contributed by atoms with Gasteiger partial charge < -0.3 is 15.4 Å². The van der Waals surface area contributed by atoms with Crippen LogP contribution in [0.3, 0.4) is 0 Å². The van der Waals surface area contributed by atoms with E-state index in [-0.39, 0.29) is 16.9 Å². The lowest BCUT2D eigenvalue weighted by Crippen LogP contribution is -2.26. The molecule has 0 aliphatic rings. The Kier molecular flexibility index (Phi) is 4.45. The van der Waals surface area contributed by atoms with Gasteiger partial charge in [0, 0.05) is 27.7 Å². The lowest BCUT2D eigenvalue weighted by atomic mass is 10.0. The fourth-order valence-electron chi connectivity index (χ4n) is 2.70. The van der Waals surface area contributed by atoms with Gasteiger partial charge in [0.1, 0.15) is 5.56 Å². The molecule has 0 aliphatic carbocycles. The average molecular weight is 336 g/mol. The minimum atomic E-state index is -0.619. The number of aliphatic hydroxyl groups excluding tert-OH is 1. The minimum Gasteiger partial charge on any atom is -0.392 e. The summed E-state index contributed by atoms with van der Waals surface area (Å²) in [4.78, 5) is 38.8. The summed E-state index contributed by atoms with van der Waals surface area (Å²) < 4.78 is 0. The molecule has 25 heavy (non-hydrogen) atoms. The summed E-state index contributed by atoms with van der Waals surface area (Å²) >= 11 is 0. The van der Waals surface area contributed by atoms with Crippen molar-refractivity contribution in [2.75, 3.05) is 5.32 Å². The van der Waals surface area contributed by atoms with Crippen molar-refractivity contribution in [2.24, 2.45) is 0 Å². The van der Waals surface area contributed by atoms with Gasteiger partial charge in [0.05, 0.1) is 6.61 Å². The van der Waals surface area contributed by atoms with Crippen molar-refractivity contribution in [1.82, 2.24) is 4.98 Å². The number of hydrogen-bond acceptors (Lipinski definition) is 4. The highest BCUT2D eigenvalue weighted by atomic mass is 16.3. The molecule has 1 amide bonds. The van der Waals surface area contributed by atoms with E-state index < -0.39 is 18.1 Å². The van der Waals surface area contributed by atoms with E-state index in [9.17, 15) is 19.5 Å². The number of pyridine rings is 1. The fourth-order valence-corrected chi connectivity index (χ4v) is 2.70. The lowest BCUT2D eigenvalue weighted by Gasteiger charge is -2.11. The maximum absolute atomic E-state index is 12.6. The van der Waals surface area contributed by atoms with Crippen LogP contribution in [-0.2, 0) is 6.61 Å². The Bertz CT molecular complexity index is 1020. The standard InChI is InChI=1S/C19H16N2O4/c1-11(23)12-6-8-13(9-7-12)20-18(24)17-15(10-22)14-4-2-3-5-16(14)21-19(17)25/h2-9,22H,10H2,1H3,(H,20,24)(H,21,25). The smallest absolute Gasteiger partial charge is 0.261 e. The second-order valence-electron chi connectivity index (χ2n) is 5.60. The maximum atomic E-state index is 12.6. The monoisotopic (exact) mass is 336 g/mol. The highest BCUT2D eigenvalue weighted by Crippen LogP contribution is 2.19. The van der Waals surface area contributed by atoms with Crippen molar-refractivity contribution in [3.05, 3.63) is 75.6 Å². The third-order valence-corrected chi connectivity index (χ3v) is 3.96. The normalized spacial score (nSPS) is 10.6. The molecular formula is C19H16N2O4. The zero-order chi connectivity index (χ0) is 18.0. The van der Waals surface area contributed by atoms with Crippen LogP contribution in [-0.4, -0.2) is 21.8 Å². The molecule has 2 aromatic carbocycles. The van der Waals surface area contributed by atoms with E-state index in [1.807, 2.05) is 0 Å². The van der Waals surface area contributed by atoms with Crippen molar-refractivity contribution >= 4 is 28.3 Å². The number of rotatable bonds is 4. The molecule has 0 fully saturated rings. The average Bonchev–Trinajstić information content (AvgIpc) is 2.60. The third-order valence-electron chi connectivity index (χ3n) is 3.96. The molecule has 0 aliphatic heterocycles. The Hall–Kier alpha value is -3.25. The summed E-state index contributed by atoms with van der Waals surface area (Å²) in [7, 11) is 0. The van der Waals surface area contributed by atoms with Crippen LogP contribution in [0.1, 0.15) is 33.2 Å². The van der Waals surface area contributed by atoms with Crippen molar-refractivity contribution in [2.45, 2.75) is 13.5 Å². The van der Waals surface area contributed by atoms with Crippen molar-refractivity contribution < 1.29 is 14.7 Å². The first-order valence-corrected chi connectivity index (χ1v) is 7.68. The van der Waals surface area contributed by atoms with Crippen molar-refractivity contribution in [1.29, 1.82) is 0 Å². The Balaban J connectivity index is 2.00. The number of hydrogen-bond donors (Lipinski definition) is 3. The Labute approximate surface area is 143 Å². The van der Waals surface area contributed by atoms with Gasteiger partial charge in [-0.15, -0.1) is 0 Å². The molecular weight excluding hydrogens is 320 g/mol. The molecule has 0 unspecified atom stereocenters. The second kappa shape index (κ2) is 6.70. The van der Waals surface area contributed by atoms with Gasteiger partial charge in [-0.25, -0.2) is 0 Å². The maximum Gasteiger partial charge on any atom is 0.261 e. The number of Topliss-reactive ketones (excluding diaryl/α,β-unsaturated/α-hetero) is 1. The molecule has 1 heterocycles. The van der Waals surface area contributed by atoms with Crippen LogP contribution >= 0.6 is 0 Å².